The molecule has 4 heteroatoms. The number of fused-ring (bicyclic) bond motifs is 1. The minimum Gasteiger partial charge on any atom is -0.348 e. The van der Waals surface area contributed by atoms with Gasteiger partial charge in [0.05, 0.1) is 5.69 Å². The Bertz CT molecular complexity index is 389. The van der Waals surface area contributed by atoms with Gasteiger partial charge in [-0.15, -0.1) is 0 Å². The highest BCUT2D eigenvalue weighted by atomic mass is 32.1. The van der Waals surface area contributed by atoms with Crippen molar-refractivity contribution in [3.63, 3.8) is 0 Å². The summed E-state index contributed by atoms with van der Waals surface area (Å²) in [5, 5.41) is 4.92. The second kappa shape index (κ2) is 7.25. The predicted molar refractivity (Wildman–Crippen MR) is 84.3 cm³/mol. The summed E-state index contributed by atoms with van der Waals surface area (Å²) in [7, 11) is 0. The lowest BCUT2D eigenvalue weighted by atomic mass is 9.98. The Labute approximate surface area is 121 Å². The molecule has 0 amide bonds. The van der Waals surface area contributed by atoms with E-state index in [2.05, 4.69) is 31.0 Å². The third kappa shape index (κ3) is 3.48. The summed E-state index contributed by atoms with van der Waals surface area (Å²) in [6.45, 7) is 9.99. The summed E-state index contributed by atoms with van der Waals surface area (Å²) in [6, 6.07) is 0.551. The standard InChI is InChI=1S/C15H27N3S/c1-4-10-16-12-8-7-9-13-14(12)19-15(17-13)18(6-3)11-5-2/h12,16H,4-11H2,1-3H3. The average molecular weight is 281 g/mol. The molecular formula is C15H27N3S. The summed E-state index contributed by atoms with van der Waals surface area (Å²) >= 11 is 1.92. The van der Waals surface area contributed by atoms with Gasteiger partial charge in [-0.2, -0.15) is 0 Å². The first-order valence-electron chi connectivity index (χ1n) is 7.78. The van der Waals surface area contributed by atoms with E-state index in [-0.39, 0.29) is 0 Å². The number of anilines is 1. The van der Waals surface area contributed by atoms with Crippen molar-refractivity contribution in [1.29, 1.82) is 0 Å². The van der Waals surface area contributed by atoms with Gasteiger partial charge < -0.3 is 10.2 Å². The van der Waals surface area contributed by atoms with Crippen LogP contribution >= 0.6 is 11.3 Å². The number of hydrogen-bond donors (Lipinski definition) is 1. The number of nitrogens with one attached hydrogen (secondary N) is 1. The molecule has 1 aliphatic carbocycles. The molecule has 1 aliphatic rings. The molecule has 0 fully saturated rings. The SMILES string of the molecule is CCCNC1CCCc2nc(N(CC)CCC)sc21. The van der Waals surface area contributed by atoms with Gasteiger partial charge in [-0.3, -0.25) is 0 Å². The van der Waals surface area contributed by atoms with Gasteiger partial charge in [-0.25, -0.2) is 4.98 Å². The molecule has 108 valence electrons. The average Bonchev–Trinajstić information content (AvgIpc) is 2.86. The number of nitrogens with zero attached hydrogens (tertiary/aromatic N) is 2. The van der Waals surface area contributed by atoms with Crippen LogP contribution < -0.4 is 10.2 Å². The molecule has 0 bridgehead atoms. The van der Waals surface area contributed by atoms with Gasteiger partial charge in [0, 0.05) is 24.0 Å². The fourth-order valence-electron chi connectivity index (χ4n) is 2.71. The van der Waals surface area contributed by atoms with Crippen LogP contribution in [0.15, 0.2) is 0 Å². The normalized spacial score (nSPS) is 18.4. The van der Waals surface area contributed by atoms with E-state index in [1.165, 1.54) is 47.8 Å². The zero-order valence-electron chi connectivity index (χ0n) is 12.5. The largest absolute Gasteiger partial charge is 0.348 e. The van der Waals surface area contributed by atoms with Gasteiger partial charge in [-0.05, 0) is 45.6 Å². The highest BCUT2D eigenvalue weighted by molar-refractivity contribution is 7.15. The molecule has 0 saturated carbocycles. The number of rotatable bonds is 7. The highest BCUT2D eigenvalue weighted by Crippen LogP contribution is 2.37. The van der Waals surface area contributed by atoms with Crippen molar-refractivity contribution < 1.29 is 0 Å². The molecule has 0 spiro atoms. The van der Waals surface area contributed by atoms with E-state index >= 15 is 0 Å². The van der Waals surface area contributed by atoms with Crippen LogP contribution in [0.2, 0.25) is 0 Å². The zero-order valence-corrected chi connectivity index (χ0v) is 13.4. The Balaban J connectivity index is 2.15. The molecule has 19 heavy (non-hydrogen) atoms. The van der Waals surface area contributed by atoms with Gasteiger partial charge in [0.1, 0.15) is 0 Å². The van der Waals surface area contributed by atoms with Crippen molar-refractivity contribution in [1.82, 2.24) is 10.3 Å². The van der Waals surface area contributed by atoms with E-state index < -0.39 is 0 Å². The molecule has 0 aromatic carbocycles. The molecule has 2 rings (SSSR count). The van der Waals surface area contributed by atoms with Gasteiger partial charge in [0.25, 0.3) is 0 Å². The molecule has 1 unspecified atom stereocenters. The molecule has 1 aromatic heterocycles. The van der Waals surface area contributed by atoms with Crippen molar-refractivity contribution in [2.75, 3.05) is 24.5 Å². The molecule has 1 aromatic rings. The van der Waals surface area contributed by atoms with Gasteiger partial charge in [0.15, 0.2) is 5.13 Å². The number of thiazole rings is 1. The van der Waals surface area contributed by atoms with Crippen LogP contribution in [0.4, 0.5) is 5.13 Å². The van der Waals surface area contributed by atoms with Gasteiger partial charge >= 0.3 is 0 Å². The summed E-state index contributed by atoms with van der Waals surface area (Å²) < 4.78 is 0. The first-order chi connectivity index (χ1) is 9.30. The Morgan fingerprint density at radius 3 is 2.84 bits per heavy atom. The summed E-state index contributed by atoms with van der Waals surface area (Å²) in [5.74, 6) is 0. The van der Waals surface area contributed by atoms with Crippen molar-refractivity contribution in [3.8, 4) is 0 Å². The van der Waals surface area contributed by atoms with E-state index in [4.69, 9.17) is 4.98 Å². The molecule has 0 radical (unpaired) electrons. The Morgan fingerprint density at radius 1 is 1.32 bits per heavy atom. The molecular weight excluding hydrogens is 254 g/mol. The van der Waals surface area contributed by atoms with E-state index in [0.29, 0.717) is 6.04 Å². The van der Waals surface area contributed by atoms with Crippen LogP contribution in [0.5, 0.6) is 0 Å². The predicted octanol–water partition coefficient (Wildman–Crippen LogP) is 3.76. The van der Waals surface area contributed by atoms with Crippen LogP contribution in [0.1, 0.15) is 63.1 Å². The molecule has 1 N–H and O–H groups in total. The summed E-state index contributed by atoms with van der Waals surface area (Å²) in [6.07, 6.45) is 6.11. The minimum absolute atomic E-state index is 0.551. The molecule has 1 heterocycles. The minimum atomic E-state index is 0.551. The fraction of sp³-hybridized carbons (Fsp3) is 0.800. The van der Waals surface area contributed by atoms with Crippen molar-refractivity contribution in [2.45, 2.75) is 58.9 Å². The van der Waals surface area contributed by atoms with Crippen molar-refractivity contribution >= 4 is 16.5 Å². The first-order valence-corrected chi connectivity index (χ1v) is 8.59. The molecule has 0 saturated heterocycles. The Hall–Kier alpha value is -0.610. The van der Waals surface area contributed by atoms with E-state index in [0.717, 1.165) is 19.6 Å². The fourth-order valence-corrected chi connectivity index (χ4v) is 4.03. The van der Waals surface area contributed by atoms with E-state index in [9.17, 15) is 0 Å². The Morgan fingerprint density at radius 2 is 2.16 bits per heavy atom. The van der Waals surface area contributed by atoms with Crippen LogP contribution in [-0.4, -0.2) is 24.6 Å². The lowest BCUT2D eigenvalue weighted by Crippen LogP contribution is -2.24. The van der Waals surface area contributed by atoms with Crippen molar-refractivity contribution in [3.05, 3.63) is 10.6 Å². The van der Waals surface area contributed by atoms with E-state index in [1.54, 1.807) is 0 Å². The molecule has 0 aliphatic heterocycles. The zero-order chi connectivity index (χ0) is 13.7. The smallest absolute Gasteiger partial charge is 0.185 e. The van der Waals surface area contributed by atoms with Crippen LogP contribution in [0.25, 0.3) is 0 Å². The third-order valence-corrected chi connectivity index (χ3v) is 5.00. The third-order valence-electron chi connectivity index (χ3n) is 3.73. The number of aryl methyl sites for hydroxylation is 1. The van der Waals surface area contributed by atoms with E-state index in [1.807, 2.05) is 11.3 Å². The monoisotopic (exact) mass is 281 g/mol. The second-order valence-corrected chi connectivity index (χ2v) is 6.30. The van der Waals surface area contributed by atoms with Crippen molar-refractivity contribution in [2.24, 2.45) is 0 Å². The number of hydrogen-bond acceptors (Lipinski definition) is 4. The number of aromatic nitrogens is 1. The van der Waals surface area contributed by atoms with Gasteiger partial charge in [-0.1, -0.05) is 25.2 Å². The van der Waals surface area contributed by atoms with Crippen LogP contribution in [0.3, 0.4) is 0 Å². The maximum Gasteiger partial charge on any atom is 0.185 e. The topological polar surface area (TPSA) is 28.2 Å². The maximum atomic E-state index is 4.90. The van der Waals surface area contributed by atoms with Crippen LogP contribution in [-0.2, 0) is 6.42 Å². The first kappa shape index (κ1) is 14.8. The lowest BCUT2D eigenvalue weighted by molar-refractivity contribution is 0.464. The highest BCUT2D eigenvalue weighted by Gasteiger charge is 2.25. The molecule has 1 atom stereocenters. The maximum absolute atomic E-state index is 4.90. The van der Waals surface area contributed by atoms with Gasteiger partial charge in [0.2, 0.25) is 0 Å². The quantitative estimate of drug-likeness (QED) is 0.825. The second-order valence-electron chi connectivity index (χ2n) is 5.29. The molecule has 3 nitrogen and oxygen atoms in total. The van der Waals surface area contributed by atoms with Crippen LogP contribution in [0, 0.1) is 0 Å². The summed E-state index contributed by atoms with van der Waals surface area (Å²) in [5.41, 5.74) is 1.36. The summed E-state index contributed by atoms with van der Waals surface area (Å²) in [4.78, 5) is 8.82. The lowest BCUT2D eigenvalue weighted by Gasteiger charge is -2.22. The Kier molecular flexibility index (Phi) is 5.64.